The number of rotatable bonds is 47. The molecule has 0 spiro atoms. The van der Waals surface area contributed by atoms with E-state index in [1.807, 2.05) is 0 Å². The van der Waals surface area contributed by atoms with E-state index < -0.39 is 6.10 Å². The lowest BCUT2D eigenvalue weighted by Crippen LogP contribution is -2.30. The molecule has 0 aliphatic rings. The molecule has 0 rings (SSSR count). The highest BCUT2D eigenvalue weighted by molar-refractivity contribution is 5.71. The summed E-state index contributed by atoms with van der Waals surface area (Å²) in [5.74, 6) is 0.788. The molecule has 0 heterocycles. The normalized spacial score (nSPS) is 12.1. The third-order valence-electron chi connectivity index (χ3n) is 12.0. The van der Waals surface area contributed by atoms with E-state index in [1.165, 1.54) is 180 Å². The van der Waals surface area contributed by atoms with Crippen LogP contribution < -0.4 is 0 Å². The van der Waals surface area contributed by atoms with Crippen LogP contribution in [0.25, 0.3) is 0 Å². The van der Waals surface area contributed by atoms with Gasteiger partial charge in [0.2, 0.25) is 0 Å². The van der Waals surface area contributed by atoms with E-state index in [1.54, 1.807) is 0 Å². The summed E-state index contributed by atoms with van der Waals surface area (Å²) in [5.41, 5.74) is 0. The van der Waals surface area contributed by atoms with Crippen molar-refractivity contribution in [1.82, 2.24) is 0 Å². The van der Waals surface area contributed by atoms with Gasteiger partial charge in [-0.2, -0.15) is 0 Å². The molecule has 0 aliphatic carbocycles. The summed E-state index contributed by atoms with van der Waals surface area (Å²) in [4.78, 5) is 37.9. The molecule has 1 atom stereocenters. The molecule has 0 fully saturated rings. The van der Waals surface area contributed by atoms with E-state index in [2.05, 4.69) is 34.6 Å². The average Bonchev–Trinajstić information content (AvgIpc) is 3.20. The second-order valence-electron chi connectivity index (χ2n) is 19.1. The number of esters is 3. The van der Waals surface area contributed by atoms with Gasteiger partial charge in [-0.25, -0.2) is 0 Å². The molecule has 0 saturated heterocycles. The van der Waals surface area contributed by atoms with Gasteiger partial charge in [0.15, 0.2) is 6.10 Å². The lowest BCUT2D eigenvalue weighted by Gasteiger charge is -2.18. The first-order valence-corrected chi connectivity index (χ1v) is 26.2. The Morgan fingerprint density at radius 1 is 0.322 bits per heavy atom. The Hall–Kier alpha value is -1.59. The third kappa shape index (κ3) is 47.3. The maximum Gasteiger partial charge on any atom is 0.306 e. The van der Waals surface area contributed by atoms with Crippen LogP contribution in [-0.2, 0) is 28.6 Å². The summed E-state index contributed by atoms with van der Waals surface area (Å²) in [6.45, 7) is 11.4. The first kappa shape index (κ1) is 57.4. The molecule has 350 valence electrons. The lowest BCUT2D eigenvalue weighted by molar-refractivity contribution is -0.167. The second kappa shape index (κ2) is 45.9. The minimum absolute atomic E-state index is 0.0638. The van der Waals surface area contributed by atoms with Crippen molar-refractivity contribution < 1.29 is 28.6 Å². The number of carbonyl (C=O) groups is 3. The standard InChI is InChI=1S/C53H102O6/c1-6-7-8-9-10-11-12-13-16-20-23-30-35-40-45-53(56)59-50(47-58-52(55)44-39-34-29-25-24-27-32-37-42-49(4)5)46-57-51(54)43-38-33-28-22-19-17-14-15-18-21-26-31-36-41-48(2)3/h48-50H,6-47H2,1-5H3/t50-/m1/s1. The fourth-order valence-electron chi connectivity index (χ4n) is 7.99. The third-order valence-corrected chi connectivity index (χ3v) is 12.0. The Morgan fingerprint density at radius 2 is 0.559 bits per heavy atom. The van der Waals surface area contributed by atoms with Crippen molar-refractivity contribution in [3.63, 3.8) is 0 Å². The van der Waals surface area contributed by atoms with Crippen LogP contribution in [0.1, 0.15) is 291 Å². The average molecular weight is 835 g/mol. The maximum atomic E-state index is 12.8. The summed E-state index contributed by atoms with van der Waals surface area (Å²) < 4.78 is 16.8. The highest BCUT2D eigenvalue weighted by Crippen LogP contribution is 2.17. The topological polar surface area (TPSA) is 78.9 Å². The second-order valence-corrected chi connectivity index (χ2v) is 19.1. The monoisotopic (exact) mass is 835 g/mol. The fourth-order valence-corrected chi connectivity index (χ4v) is 7.99. The van der Waals surface area contributed by atoms with Crippen molar-refractivity contribution in [2.75, 3.05) is 13.2 Å². The van der Waals surface area contributed by atoms with Crippen molar-refractivity contribution in [3.05, 3.63) is 0 Å². The number of carbonyl (C=O) groups excluding carboxylic acids is 3. The van der Waals surface area contributed by atoms with Gasteiger partial charge >= 0.3 is 17.9 Å². The molecule has 6 nitrogen and oxygen atoms in total. The smallest absolute Gasteiger partial charge is 0.306 e. The highest BCUT2D eigenvalue weighted by atomic mass is 16.6. The zero-order valence-corrected chi connectivity index (χ0v) is 40.4. The van der Waals surface area contributed by atoms with Crippen LogP contribution in [0.5, 0.6) is 0 Å². The van der Waals surface area contributed by atoms with Crippen LogP contribution in [0.2, 0.25) is 0 Å². The predicted molar refractivity (Wildman–Crippen MR) is 252 cm³/mol. The van der Waals surface area contributed by atoms with Gasteiger partial charge in [0.1, 0.15) is 13.2 Å². The molecule has 0 aliphatic heterocycles. The zero-order chi connectivity index (χ0) is 43.3. The van der Waals surface area contributed by atoms with Crippen molar-refractivity contribution in [1.29, 1.82) is 0 Å². The molecule has 59 heavy (non-hydrogen) atoms. The van der Waals surface area contributed by atoms with Gasteiger partial charge in [0.05, 0.1) is 0 Å². The van der Waals surface area contributed by atoms with Crippen LogP contribution in [0.15, 0.2) is 0 Å². The largest absolute Gasteiger partial charge is 0.462 e. The summed E-state index contributed by atoms with van der Waals surface area (Å²) >= 11 is 0. The Bertz CT molecular complexity index is 900. The van der Waals surface area contributed by atoms with Gasteiger partial charge < -0.3 is 14.2 Å². The molecule has 0 aromatic carbocycles. The van der Waals surface area contributed by atoms with E-state index in [-0.39, 0.29) is 31.1 Å². The number of unbranched alkanes of at least 4 members (excludes halogenated alkanes) is 32. The van der Waals surface area contributed by atoms with E-state index in [0.717, 1.165) is 69.6 Å². The van der Waals surface area contributed by atoms with Gasteiger partial charge in [-0.05, 0) is 31.1 Å². The highest BCUT2D eigenvalue weighted by Gasteiger charge is 2.19. The SMILES string of the molecule is CCCCCCCCCCCCCCCCC(=O)O[C@H](COC(=O)CCCCCCCCCCCCCCCC(C)C)COC(=O)CCCCCCCCCCC(C)C. The molecule has 0 radical (unpaired) electrons. The number of hydrogen-bond acceptors (Lipinski definition) is 6. The van der Waals surface area contributed by atoms with Crippen molar-refractivity contribution in [3.8, 4) is 0 Å². The molecule has 0 aromatic heterocycles. The van der Waals surface area contributed by atoms with E-state index in [0.29, 0.717) is 19.3 Å². The van der Waals surface area contributed by atoms with Gasteiger partial charge in [-0.3, -0.25) is 14.4 Å². The van der Waals surface area contributed by atoms with Crippen molar-refractivity contribution in [2.24, 2.45) is 11.8 Å². The molecule has 0 unspecified atom stereocenters. The maximum absolute atomic E-state index is 12.8. The van der Waals surface area contributed by atoms with Crippen LogP contribution in [-0.4, -0.2) is 37.2 Å². The molecule has 0 saturated carbocycles. The molecular formula is C53H102O6. The lowest BCUT2D eigenvalue weighted by atomic mass is 10.0. The molecule has 0 N–H and O–H groups in total. The summed E-state index contributed by atoms with van der Waals surface area (Å²) in [5, 5.41) is 0. The Morgan fingerprint density at radius 3 is 0.831 bits per heavy atom. The van der Waals surface area contributed by atoms with Crippen molar-refractivity contribution in [2.45, 2.75) is 298 Å². The summed E-state index contributed by atoms with van der Waals surface area (Å²) in [6, 6.07) is 0. The first-order chi connectivity index (χ1) is 28.7. The molecule has 0 amide bonds. The molecular weight excluding hydrogens is 733 g/mol. The summed E-state index contributed by atoms with van der Waals surface area (Å²) in [6.07, 6.45) is 46.6. The van der Waals surface area contributed by atoms with E-state index >= 15 is 0 Å². The minimum atomic E-state index is -0.761. The molecule has 6 heteroatoms. The van der Waals surface area contributed by atoms with Gasteiger partial charge in [0, 0.05) is 19.3 Å². The Labute approximate surface area is 368 Å². The van der Waals surface area contributed by atoms with Crippen LogP contribution >= 0.6 is 0 Å². The number of hydrogen-bond donors (Lipinski definition) is 0. The Balaban J connectivity index is 4.30. The van der Waals surface area contributed by atoms with Gasteiger partial charge in [-0.15, -0.1) is 0 Å². The fraction of sp³-hybridized carbons (Fsp3) is 0.943. The van der Waals surface area contributed by atoms with E-state index in [4.69, 9.17) is 14.2 Å². The summed E-state index contributed by atoms with van der Waals surface area (Å²) in [7, 11) is 0. The number of ether oxygens (including phenoxy) is 3. The van der Waals surface area contributed by atoms with Gasteiger partial charge in [-0.1, -0.05) is 253 Å². The first-order valence-electron chi connectivity index (χ1n) is 26.2. The van der Waals surface area contributed by atoms with Crippen LogP contribution in [0.4, 0.5) is 0 Å². The molecule has 0 bridgehead atoms. The minimum Gasteiger partial charge on any atom is -0.462 e. The van der Waals surface area contributed by atoms with Crippen molar-refractivity contribution >= 4 is 17.9 Å². The quantitative estimate of drug-likeness (QED) is 0.0345. The predicted octanol–water partition coefficient (Wildman–Crippen LogP) is 16.9. The molecule has 0 aromatic rings. The zero-order valence-electron chi connectivity index (χ0n) is 40.4. The van der Waals surface area contributed by atoms with E-state index in [9.17, 15) is 14.4 Å². The van der Waals surface area contributed by atoms with Crippen LogP contribution in [0.3, 0.4) is 0 Å². The Kier molecular flexibility index (Phi) is 44.7. The van der Waals surface area contributed by atoms with Crippen LogP contribution in [0, 0.1) is 11.8 Å². The van der Waals surface area contributed by atoms with Gasteiger partial charge in [0.25, 0.3) is 0 Å².